The van der Waals surface area contributed by atoms with Gasteiger partial charge in [-0.05, 0) is 87.9 Å². The van der Waals surface area contributed by atoms with Crippen LogP contribution in [0.2, 0.25) is 0 Å². The van der Waals surface area contributed by atoms with Crippen LogP contribution in [0.5, 0.6) is 0 Å². The third-order valence-electron chi connectivity index (χ3n) is 8.65. The fourth-order valence-electron chi connectivity index (χ4n) is 6.66. The van der Waals surface area contributed by atoms with Gasteiger partial charge in [-0.25, -0.2) is 0 Å². The van der Waals surface area contributed by atoms with Crippen LogP contribution >= 0.6 is 0 Å². The lowest BCUT2D eigenvalue weighted by atomic mass is 9.70. The van der Waals surface area contributed by atoms with Gasteiger partial charge in [0.1, 0.15) is 6.10 Å². The van der Waals surface area contributed by atoms with Crippen molar-refractivity contribution in [3.05, 3.63) is 0 Å². The second-order valence-corrected chi connectivity index (χ2v) is 10.8. The maximum absolute atomic E-state index is 12.6. The van der Waals surface area contributed by atoms with Crippen molar-refractivity contribution in [3.63, 3.8) is 0 Å². The zero-order valence-electron chi connectivity index (χ0n) is 19.5. The molecule has 3 aliphatic carbocycles. The molecule has 0 atom stereocenters. The molecule has 0 unspecified atom stereocenters. The van der Waals surface area contributed by atoms with Gasteiger partial charge >= 0.3 is 5.97 Å². The summed E-state index contributed by atoms with van der Waals surface area (Å²) in [6.45, 7) is 4.58. The predicted molar refractivity (Wildman–Crippen MR) is 122 cm³/mol. The van der Waals surface area contributed by atoms with Crippen LogP contribution in [0.4, 0.5) is 0 Å². The lowest BCUT2D eigenvalue weighted by Crippen LogP contribution is -2.32. The summed E-state index contributed by atoms with van der Waals surface area (Å²) in [5.74, 6) is 4.08. The first-order chi connectivity index (χ1) is 14.2. The van der Waals surface area contributed by atoms with Crippen molar-refractivity contribution in [2.24, 2.45) is 29.6 Å². The SMILES string of the molecule is CCCCCC1CCC(C2CCC(OC(=O)C3CCC(CCC)CC3)CC2)CC1. The molecule has 0 heterocycles. The molecule has 3 fully saturated rings. The van der Waals surface area contributed by atoms with Gasteiger partial charge in [0.25, 0.3) is 0 Å². The van der Waals surface area contributed by atoms with Crippen LogP contribution in [0.1, 0.15) is 129 Å². The molecule has 0 bridgehead atoms. The quantitative estimate of drug-likeness (QED) is 0.287. The zero-order valence-corrected chi connectivity index (χ0v) is 19.5. The molecule has 0 aromatic rings. The number of hydrogen-bond donors (Lipinski definition) is 0. The number of esters is 1. The maximum atomic E-state index is 12.6. The first kappa shape index (κ1) is 23.1. The number of hydrogen-bond acceptors (Lipinski definition) is 2. The third kappa shape index (κ3) is 7.28. The molecular formula is C27H48O2. The number of carbonyl (C=O) groups is 1. The van der Waals surface area contributed by atoms with Gasteiger partial charge in [-0.2, -0.15) is 0 Å². The van der Waals surface area contributed by atoms with E-state index in [0.717, 1.165) is 49.4 Å². The van der Waals surface area contributed by atoms with Crippen molar-refractivity contribution in [1.29, 1.82) is 0 Å². The largest absolute Gasteiger partial charge is 0.462 e. The average Bonchev–Trinajstić information content (AvgIpc) is 2.76. The van der Waals surface area contributed by atoms with Crippen molar-refractivity contribution in [2.45, 2.75) is 136 Å². The van der Waals surface area contributed by atoms with Crippen LogP contribution in [0.3, 0.4) is 0 Å². The highest BCUT2D eigenvalue weighted by Gasteiger charge is 2.33. The Morgan fingerprint density at radius 3 is 1.79 bits per heavy atom. The van der Waals surface area contributed by atoms with Gasteiger partial charge < -0.3 is 4.74 Å². The van der Waals surface area contributed by atoms with Crippen LogP contribution in [0.15, 0.2) is 0 Å². The van der Waals surface area contributed by atoms with Gasteiger partial charge in [0, 0.05) is 0 Å². The number of unbranched alkanes of at least 4 members (excludes halogenated alkanes) is 2. The van der Waals surface area contributed by atoms with Crippen LogP contribution in [0, 0.1) is 29.6 Å². The first-order valence-corrected chi connectivity index (χ1v) is 13.4. The third-order valence-corrected chi connectivity index (χ3v) is 8.65. The Kier molecular flexibility index (Phi) is 9.86. The Morgan fingerprint density at radius 1 is 0.655 bits per heavy atom. The lowest BCUT2D eigenvalue weighted by molar-refractivity contribution is -0.157. The predicted octanol–water partition coefficient (Wildman–Crippen LogP) is 8.08. The summed E-state index contributed by atoms with van der Waals surface area (Å²) in [6, 6.07) is 0. The Hall–Kier alpha value is -0.530. The smallest absolute Gasteiger partial charge is 0.309 e. The Bertz CT molecular complexity index is 449. The molecule has 168 valence electrons. The van der Waals surface area contributed by atoms with E-state index in [4.69, 9.17) is 4.74 Å². The van der Waals surface area contributed by atoms with Crippen molar-refractivity contribution in [3.8, 4) is 0 Å². The Labute approximate surface area is 180 Å². The average molecular weight is 405 g/mol. The zero-order chi connectivity index (χ0) is 20.5. The summed E-state index contributed by atoms with van der Waals surface area (Å²) < 4.78 is 5.99. The molecule has 0 N–H and O–H groups in total. The highest BCUT2D eigenvalue weighted by atomic mass is 16.5. The van der Waals surface area contributed by atoms with E-state index in [-0.39, 0.29) is 18.0 Å². The highest BCUT2D eigenvalue weighted by Crippen LogP contribution is 2.42. The van der Waals surface area contributed by atoms with Gasteiger partial charge in [-0.3, -0.25) is 4.79 Å². The topological polar surface area (TPSA) is 26.3 Å². The maximum Gasteiger partial charge on any atom is 0.309 e. The summed E-state index contributed by atoms with van der Waals surface area (Å²) in [7, 11) is 0. The Morgan fingerprint density at radius 2 is 1.21 bits per heavy atom. The standard InChI is InChI=1S/C27H48O2/c1-3-5-6-8-22-9-13-23(14-10-22)24-17-19-26(20-18-24)29-27(28)25-15-11-21(7-4-2)12-16-25/h21-26H,3-20H2,1-2H3. The molecule has 3 rings (SSSR count). The van der Waals surface area contributed by atoms with Crippen LogP contribution < -0.4 is 0 Å². The molecule has 3 saturated carbocycles. The molecule has 0 aromatic carbocycles. The van der Waals surface area contributed by atoms with Crippen LogP contribution in [0.25, 0.3) is 0 Å². The number of carbonyl (C=O) groups excluding carboxylic acids is 1. The molecule has 29 heavy (non-hydrogen) atoms. The Balaban J connectivity index is 1.30. The molecule has 0 radical (unpaired) electrons. The minimum atomic E-state index is 0.135. The van der Waals surface area contributed by atoms with E-state index >= 15 is 0 Å². The first-order valence-electron chi connectivity index (χ1n) is 13.4. The molecule has 0 aliphatic heterocycles. The van der Waals surface area contributed by atoms with Crippen molar-refractivity contribution < 1.29 is 9.53 Å². The van der Waals surface area contributed by atoms with Crippen molar-refractivity contribution in [1.82, 2.24) is 0 Å². The molecule has 0 amide bonds. The number of ether oxygens (including phenoxy) is 1. The van der Waals surface area contributed by atoms with Gasteiger partial charge in [0.15, 0.2) is 0 Å². The van der Waals surface area contributed by atoms with Crippen molar-refractivity contribution in [2.75, 3.05) is 0 Å². The van der Waals surface area contributed by atoms with Crippen molar-refractivity contribution >= 4 is 5.97 Å². The molecule has 2 heteroatoms. The molecule has 2 nitrogen and oxygen atoms in total. The summed E-state index contributed by atoms with van der Waals surface area (Å²) in [6.07, 6.45) is 23.9. The van der Waals surface area contributed by atoms with Crippen LogP contribution in [-0.2, 0) is 9.53 Å². The van der Waals surface area contributed by atoms with E-state index in [1.165, 1.54) is 89.9 Å². The van der Waals surface area contributed by atoms with E-state index in [1.54, 1.807) is 0 Å². The fraction of sp³-hybridized carbons (Fsp3) is 0.963. The van der Waals surface area contributed by atoms with Gasteiger partial charge in [0.2, 0.25) is 0 Å². The number of rotatable bonds is 9. The molecule has 0 spiro atoms. The molecular weight excluding hydrogens is 356 g/mol. The van der Waals surface area contributed by atoms with Crippen LogP contribution in [-0.4, -0.2) is 12.1 Å². The second-order valence-electron chi connectivity index (χ2n) is 10.8. The minimum absolute atomic E-state index is 0.135. The van der Waals surface area contributed by atoms with E-state index in [0.29, 0.717) is 0 Å². The summed E-state index contributed by atoms with van der Waals surface area (Å²) in [5, 5.41) is 0. The summed E-state index contributed by atoms with van der Waals surface area (Å²) >= 11 is 0. The van der Waals surface area contributed by atoms with Gasteiger partial charge in [-0.1, -0.05) is 65.2 Å². The van der Waals surface area contributed by atoms with E-state index < -0.39 is 0 Å². The van der Waals surface area contributed by atoms with Gasteiger partial charge in [-0.15, -0.1) is 0 Å². The highest BCUT2D eigenvalue weighted by molar-refractivity contribution is 5.72. The summed E-state index contributed by atoms with van der Waals surface area (Å²) in [5.41, 5.74) is 0. The van der Waals surface area contributed by atoms with Gasteiger partial charge in [0.05, 0.1) is 5.92 Å². The second kappa shape index (κ2) is 12.4. The normalized spacial score (nSPS) is 35.9. The lowest BCUT2D eigenvalue weighted by Gasteiger charge is -2.38. The minimum Gasteiger partial charge on any atom is -0.462 e. The van der Waals surface area contributed by atoms with E-state index in [1.807, 2.05) is 0 Å². The van der Waals surface area contributed by atoms with E-state index in [9.17, 15) is 4.79 Å². The molecule has 3 aliphatic rings. The fourth-order valence-corrected chi connectivity index (χ4v) is 6.66. The summed E-state index contributed by atoms with van der Waals surface area (Å²) in [4.78, 5) is 12.6. The molecule has 0 saturated heterocycles. The molecule has 0 aromatic heterocycles. The monoisotopic (exact) mass is 404 g/mol. The van der Waals surface area contributed by atoms with E-state index in [2.05, 4.69) is 13.8 Å².